The summed E-state index contributed by atoms with van der Waals surface area (Å²) in [7, 11) is 1.78. The molecule has 0 spiro atoms. The summed E-state index contributed by atoms with van der Waals surface area (Å²) in [5.41, 5.74) is 0. The van der Waals surface area contributed by atoms with E-state index < -0.39 is 0 Å². The molecule has 0 aromatic heterocycles. The molecule has 0 aromatic carbocycles. The van der Waals surface area contributed by atoms with Crippen molar-refractivity contribution in [2.45, 2.75) is 64.2 Å². The van der Waals surface area contributed by atoms with Crippen LogP contribution in [0.2, 0.25) is 0 Å². The van der Waals surface area contributed by atoms with E-state index in [2.05, 4.69) is 13.2 Å². The van der Waals surface area contributed by atoms with Crippen molar-refractivity contribution in [1.29, 1.82) is 0 Å². The van der Waals surface area contributed by atoms with Crippen molar-refractivity contribution >= 4 is 0 Å². The van der Waals surface area contributed by atoms with Crippen molar-refractivity contribution in [3.05, 3.63) is 25.3 Å². The molecule has 0 radical (unpaired) electrons. The molecule has 0 saturated heterocycles. The van der Waals surface area contributed by atoms with Gasteiger partial charge in [0.25, 0.3) is 0 Å². The predicted molar refractivity (Wildman–Crippen MR) is 92.7 cm³/mol. The van der Waals surface area contributed by atoms with E-state index in [1.54, 1.807) is 7.11 Å². The second-order valence-corrected chi connectivity index (χ2v) is 5.81. The van der Waals surface area contributed by atoms with E-state index in [1.165, 1.54) is 51.4 Å². The van der Waals surface area contributed by atoms with Crippen molar-refractivity contribution in [3.8, 4) is 0 Å². The number of unbranched alkanes of at least 4 members (excludes halogenated alkanes) is 7. The first kappa shape index (κ1) is 20.4. The fourth-order valence-corrected chi connectivity index (χ4v) is 2.45. The highest BCUT2D eigenvalue weighted by atomic mass is 16.5. The van der Waals surface area contributed by atoms with Gasteiger partial charge in [-0.2, -0.15) is 0 Å². The van der Waals surface area contributed by atoms with Crippen molar-refractivity contribution in [2.24, 2.45) is 5.92 Å². The maximum absolute atomic E-state index is 5.82. The summed E-state index contributed by atoms with van der Waals surface area (Å²) in [6.07, 6.45) is 16.3. The monoisotopic (exact) mass is 296 g/mol. The standard InChI is InChI=1S/C19H36O2/c1-4-6-8-10-12-14-16-21-18-19(17-20-3)15-13-11-9-7-5-2/h4-5,19H,1-2,6-18H2,3H3. The van der Waals surface area contributed by atoms with Crippen molar-refractivity contribution in [2.75, 3.05) is 26.9 Å². The molecular formula is C19H36O2. The van der Waals surface area contributed by atoms with E-state index in [9.17, 15) is 0 Å². The Labute approximate surface area is 132 Å². The highest BCUT2D eigenvalue weighted by Crippen LogP contribution is 2.13. The first-order valence-corrected chi connectivity index (χ1v) is 8.63. The van der Waals surface area contributed by atoms with Gasteiger partial charge in [0.15, 0.2) is 0 Å². The van der Waals surface area contributed by atoms with Gasteiger partial charge in [-0.1, -0.05) is 37.8 Å². The topological polar surface area (TPSA) is 18.5 Å². The quantitative estimate of drug-likeness (QED) is 0.259. The number of allylic oxidation sites excluding steroid dienone is 2. The zero-order valence-electron chi connectivity index (χ0n) is 14.2. The molecule has 0 heterocycles. The third-order valence-electron chi connectivity index (χ3n) is 3.72. The normalized spacial score (nSPS) is 12.2. The van der Waals surface area contributed by atoms with Crippen LogP contribution in [0.3, 0.4) is 0 Å². The Balaban J connectivity index is 3.46. The van der Waals surface area contributed by atoms with Crippen LogP contribution in [0.25, 0.3) is 0 Å². The fraction of sp³-hybridized carbons (Fsp3) is 0.789. The molecule has 0 N–H and O–H groups in total. The van der Waals surface area contributed by atoms with Gasteiger partial charge in [0.1, 0.15) is 0 Å². The lowest BCUT2D eigenvalue weighted by molar-refractivity contribution is 0.0513. The average Bonchev–Trinajstić information content (AvgIpc) is 2.49. The highest BCUT2D eigenvalue weighted by molar-refractivity contribution is 4.66. The third-order valence-corrected chi connectivity index (χ3v) is 3.72. The molecule has 0 amide bonds. The van der Waals surface area contributed by atoms with Crippen LogP contribution in [0.4, 0.5) is 0 Å². The van der Waals surface area contributed by atoms with E-state index in [4.69, 9.17) is 9.47 Å². The van der Waals surface area contributed by atoms with Crippen LogP contribution >= 0.6 is 0 Å². The number of hydrogen-bond acceptors (Lipinski definition) is 2. The smallest absolute Gasteiger partial charge is 0.0516 e. The molecule has 0 aromatic rings. The predicted octanol–water partition coefficient (Wildman–Crippen LogP) is 5.54. The summed E-state index contributed by atoms with van der Waals surface area (Å²) in [4.78, 5) is 0. The van der Waals surface area contributed by atoms with Gasteiger partial charge < -0.3 is 9.47 Å². The molecule has 21 heavy (non-hydrogen) atoms. The van der Waals surface area contributed by atoms with Gasteiger partial charge in [0, 0.05) is 19.6 Å². The van der Waals surface area contributed by atoms with Crippen molar-refractivity contribution < 1.29 is 9.47 Å². The van der Waals surface area contributed by atoms with Crippen molar-refractivity contribution in [1.82, 2.24) is 0 Å². The SMILES string of the molecule is C=CCCCCCCOCC(CCCCCC=C)COC. The zero-order valence-corrected chi connectivity index (χ0v) is 14.2. The lowest BCUT2D eigenvalue weighted by atomic mass is 10.0. The summed E-state index contributed by atoms with van der Waals surface area (Å²) < 4.78 is 11.1. The molecular weight excluding hydrogens is 260 g/mol. The molecule has 0 bridgehead atoms. The van der Waals surface area contributed by atoms with E-state index in [1.807, 2.05) is 12.2 Å². The van der Waals surface area contributed by atoms with E-state index in [0.29, 0.717) is 5.92 Å². The van der Waals surface area contributed by atoms with Crippen LogP contribution in [0.1, 0.15) is 64.2 Å². The molecule has 2 nitrogen and oxygen atoms in total. The minimum atomic E-state index is 0.555. The first-order valence-electron chi connectivity index (χ1n) is 8.63. The van der Waals surface area contributed by atoms with E-state index >= 15 is 0 Å². The first-order chi connectivity index (χ1) is 10.3. The van der Waals surface area contributed by atoms with Gasteiger partial charge in [-0.05, 0) is 38.5 Å². The third kappa shape index (κ3) is 15.6. The Hall–Kier alpha value is -0.600. The Morgan fingerprint density at radius 3 is 2.05 bits per heavy atom. The van der Waals surface area contributed by atoms with Gasteiger partial charge in [-0.15, -0.1) is 13.2 Å². The lowest BCUT2D eigenvalue weighted by Gasteiger charge is -2.16. The van der Waals surface area contributed by atoms with Crippen LogP contribution < -0.4 is 0 Å². The van der Waals surface area contributed by atoms with Crippen LogP contribution in [-0.4, -0.2) is 26.9 Å². The highest BCUT2D eigenvalue weighted by Gasteiger charge is 2.08. The summed E-state index contributed by atoms with van der Waals surface area (Å²) >= 11 is 0. The van der Waals surface area contributed by atoms with Gasteiger partial charge in [-0.3, -0.25) is 0 Å². The van der Waals surface area contributed by atoms with E-state index in [0.717, 1.165) is 32.7 Å². The Bertz CT molecular complexity index is 226. The fourth-order valence-electron chi connectivity index (χ4n) is 2.45. The van der Waals surface area contributed by atoms with Gasteiger partial charge >= 0.3 is 0 Å². The van der Waals surface area contributed by atoms with Crippen LogP contribution in [0, 0.1) is 5.92 Å². The minimum Gasteiger partial charge on any atom is -0.384 e. The molecule has 0 rings (SSSR count). The number of methoxy groups -OCH3 is 1. The minimum absolute atomic E-state index is 0.555. The molecule has 124 valence electrons. The number of ether oxygens (including phenoxy) is 2. The maximum atomic E-state index is 5.82. The molecule has 0 fully saturated rings. The zero-order chi connectivity index (χ0) is 15.6. The van der Waals surface area contributed by atoms with Crippen LogP contribution in [0.15, 0.2) is 25.3 Å². The van der Waals surface area contributed by atoms with Crippen molar-refractivity contribution in [3.63, 3.8) is 0 Å². The Kier molecular flexibility index (Phi) is 17.0. The summed E-state index contributed by atoms with van der Waals surface area (Å²) in [6, 6.07) is 0. The van der Waals surface area contributed by atoms with Crippen LogP contribution in [-0.2, 0) is 9.47 Å². The van der Waals surface area contributed by atoms with Gasteiger partial charge in [0.2, 0.25) is 0 Å². The molecule has 0 aliphatic heterocycles. The van der Waals surface area contributed by atoms with Crippen LogP contribution in [0.5, 0.6) is 0 Å². The number of hydrogen-bond donors (Lipinski definition) is 0. The second kappa shape index (κ2) is 17.5. The summed E-state index contributed by atoms with van der Waals surface area (Å²) in [5.74, 6) is 0.555. The molecule has 0 aliphatic carbocycles. The molecule has 0 aliphatic rings. The Morgan fingerprint density at radius 2 is 1.43 bits per heavy atom. The maximum Gasteiger partial charge on any atom is 0.0516 e. The largest absolute Gasteiger partial charge is 0.384 e. The number of rotatable bonds is 17. The molecule has 0 saturated carbocycles. The Morgan fingerprint density at radius 1 is 0.810 bits per heavy atom. The average molecular weight is 296 g/mol. The summed E-state index contributed by atoms with van der Waals surface area (Å²) in [6.45, 7) is 10.1. The molecule has 2 heteroatoms. The molecule has 1 atom stereocenters. The molecule has 1 unspecified atom stereocenters. The summed E-state index contributed by atoms with van der Waals surface area (Å²) in [5, 5.41) is 0. The van der Waals surface area contributed by atoms with Gasteiger partial charge in [0.05, 0.1) is 13.2 Å². The lowest BCUT2D eigenvalue weighted by Crippen LogP contribution is -2.16. The van der Waals surface area contributed by atoms with Gasteiger partial charge in [-0.25, -0.2) is 0 Å². The van der Waals surface area contributed by atoms with E-state index in [-0.39, 0.29) is 0 Å². The second-order valence-electron chi connectivity index (χ2n) is 5.81.